The van der Waals surface area contributed by atoms with Crippen molar-refractivity contribution in [1.82, 2.24) is 0 Å². The van der Waals surface area contributed by atoms with Crippen molar-refractivity contribution >= 4 is 10.1 Å². The molecule has 8 nitrogen and oxygen atoms in total. The summed E-state index contributed by atoms with van der Waals surface area (Å²) in [7, 11) is 1.53. The number of benzene rings is 1. The van der Waals surface area contributed by atoms with Gasteiger partial charge >= 0.3 is 10.1 Å². The maximum Gasteiger partial charge on any atom is 0.301 e. The van der Waals surface area contributed by atoms with Gasteiger partial charge in [0, 0.05) is 19.1 Å². The van der Waals surface area contributed by atoms with Crippen LogP contribution in [-0.4, -0.2) is 85.5 Å². The molecule has 0 fully saturated rings. The van der Waals surface area contributed by atoms with Crippen molar-refractivity contribution in [2.24, 2.45) is 5.73 Å². The Labute approximate surface area is 182 Å². The molecule has 174 valence electrons. The highest BCUT2D eigenvalue weighted by Gasteiger charge is 2.37. The Kier molecular flexibility index (Phi) is 10.9. The summed E-state index contributed by atoms with van der Waals surface area (Å²) < 4.78 is 47.6. The van der Waals surface area contributed by atoms with Gasteiger partial charge in [0.25, 0.3) is 0 Å². The van der Waals surface area contributed by atoms with E-state index in [2.05, 4.69) is 0 Å². The van der Waals surface area contributed by atoms with E-state index in [0.717, 1.165) is 5.56 Å². The predicted molar refractivity (Wildman–Crippen MR) is 117 cm³/mol. The molecule has 0 aliphatic carbocycles. The second-order valence-corrected chi connectivity index (χ2v) is 10.3. The number of nitrogens with zero attached hydrogens (tertiary/aromatic N) is 1. The van der Waals surface area contributed by atoms with Crippen LogP contribution in [0.15, 0.2) is 29.2 Å². The van der Waals surface area contributed by atoms with E-state index in [9.17, 15) is 8.42 Å². The zero-order valence-corrected chi connectivity index (χ0v) is 20.0. The fourth-order valence-electron chi connectivity index (χ4n) is 2.66. The molecule has 0 saturated carbocycles. The summed E-state index contributed by atoms with van der Waals surface area (Å²) in [6.07, 6.45) is -0.288. The Morgan fingerprint density at radius 2 is 1.53 bits per heavy atom. The number of likely N-dealkylation sites (N-methyl/N-ethyl adjacent to an activating group) is 1. The van der Waals surface area contributed by atoms with Gasteiger partial charge in [0.15, 0.2) is 0 Å². The van der Waals surface area contributed by atoms with Gasteiger partial charge in [0.1, 0.15) is 6.54 Å². The molecule has 0 amide bonds. The number of methoxy groups -OCH3 is 1. The summed E-state index contributed by atoms with van der Waals surface area (Å²) >= 11 is 0. The highest BCUT2D eigenvalue weighted by Crippen LogP contribution is 2.24. The van der Waals surface area contributed by atoms with Gasteiger partial charge in [-0.2, -0.15) is 8.42 Å². The molecule has 0 radical (unpaired) electrons. The molecule has 0 aliphatic rings. The second-order valence-electron chi connectivity index (χ2n) is 8.73. The first kappa shape index (κ1) is 27.0. The smallest absolute Gasteiger partial charge is 0.301 e. The summed E-state index contributed by atoms with van der Waals surface area (Å²) in [6.45, 7) is 8.63. The average Bonchev–Trinajstić information content (AvgIpc) is 2.62. The van der Waals surface area contributed by atoms with E-state index in [0.29, 0.717) is 46.0 Å². The third-order valence-electron chi connectivity index (χ3n) is 4.64. The van der Waals surface area contributed by atoms with Gasteiger partial charge < -0.3 is 24.4 Å². The minimum atomic E-state index is -3.92. The molecule has 0 heterocycles. The fourth-order valence-corrected chi connectivity index (χ4v) is 3.84. The summed E-state index contributed by atoms with van der Waals surface area (Å²) in [5.74, 6) is 0. The first-order valence-corrected chi connectivity index (χ1v) is 11.5. The molecule has 0 bridgehead atoms. The van der Waals surface area contributed by atoms with Crippen LogP contribution < -0.4 is 5.73 Å². The third-order valence-corrected chi connectivity index (χ3v) is 5.97. The van der Waals surface area contributed by atoms with Crippen LogP contribution in [0.2, 0.25) is 0 Å². The largest absolute Gasteiger partial charge is 0.382 e. The van der Waals surface area contributed by atoms with Crippen molar-refractivity contribution in [2.75, 3.05) is 60.8 Å². The summed E-state index contributed by atoms with van der Waals surface area (Å²) in [4.78, 5) is 0.136. The average molecular weight is 448 g/mol. The Hall–Kier alpha value is -1.07. The van der Waals surface area contributed by atoms with Crippen molar-refractivity contribution < 1.29 is 31.3 Å². The molecular formula is C21H39N2O6S+. The van der Waals surface area contributed by atoms with E-state index in [1.165, 1.54) is 0 Å². The normalized spacial score (nSPS) is 14.1. The lowest BCUT2D eigenvalue weighted by atomic mass is 10.0. The van der Waals surface area contributed by atoms with Crippen LogP contribution in [0.5, 0.6) is 0 Å². The van der Waals surface area contributed by atoms with Crippen LogP contribution >= 0.6 is 0 Å². The van der Waals surface area contributed by atoms with Crippen LogP contribution in [0.1, 0.15) is 25.8 Å². The highest BCUT2D eigenvalue weighted by atomic mass is 32.2. The van der Waals surface area contributed by atoms with Crippen LogP contribution in [0.25, 0.3) is 0 Å². The van der Waals surface area contributed by atoms with E-state index in [1.807, 2.05) is 34.9 Å². The minimum absolute atomic E-state index is 0.136. The van der Waals surface area contributed by atoms with Crippen LogP contribution in [0.3, 0.4) is 0 Å². The van der Waals surface area contributed by atoms with Crippen molar-refractivity contribution in [3.8, 4) is 0 Å². The van der Waals surface area contributed by atoms with E-state index in [4.69, 9.17) is 24.1 Å². The molecule has 1 aromatic carbocycles. The molecule has 0 aliphatic heterocycles. The molecule has 0 spiro atoms. The van der Waals surface area contributed by atoms with Gasteiger partial charge in [-0.3, -0.25) is 0 Å². The number of nitrogens with two attached hydrogens (primary N) is 1. The van der Waals surface area contributed by atoms with Crippen molar-refractivity contribution in [3.05, 3.63) is 29.8 Å². The van der Waals surface area contributed by atoms with Crippen molar-refractivity contribution in [2.45, 2.75) is 43.9 Å². The first-order chi connectivity index (χ1) is 13.9. The SMILES string of the molecule is COCCOCCOCC[N+](C)(C)C(CC(C)(C)N)OS(=O)(=O)c1ccc(C)cc1. The van der Waals surface area contributed by atoms with Crippen LogP contribution in [-0.2, 0) is 28.5 Å². The first-order valence-electron chi connectivity index (χ1n) is 10.1. The van der Waals surface area contributed by atoms with Gasteiger partial charge in [-0.15, -0.1) is 0 Å². The second kappa shape index (κ2) is 12.1. The van der Waals surface area contributed by atoms with E-state index >= 15 is 0 Å². The number of ether oxygens (including phenoxy) is 3. The zero-order valence-electron chi connectivity index (χ0n) is 19.2. The number of hydrogen-bond acceptors (Lipinski definition) is 7. The van der Waals surface area contributed by atoms with Gasteiger partial charge in [0.05, 0.1) is 52.0 Å². The molecule has 0 saturated heterocycles. The third kappa shape index (κ3) is 10.3. The maximum atomic E-state index is 12.9. The summed E-state index contributed by atoms with van der Waals surface area (Å²) in [6, 6.07) is 6.62. The zero-order chi connectivity index (χ0) is 22.8. The van der Waals surface area contributed by atoms with E-state index in [-0.39, 0.29) is 9.38 Å². The summed E-state index contributed by atoms with van der Waals surface area (Å²) in [5.41, 5.74) is 6.58. The predicted octanol–water partition coefficient (Wildman–Crippen LogP) is 1.91. The fraction of sp³-hybridized carbons (Fsp3) is 0.714. The number of rotatable bonds is 15. The standard InChI is InChI=1S/C21H39N2O6S/c1-18-7-9-19(10-8-18)30(24,25)29-20(17-21(2,3)22)23(4,5)11-12-27-15-16-28-14-13-26-6/h7-10,20H,11-17,22H2,1-6H3/q+1. The van der Waals surface area contributed by atoms with Gasteiger partial charge in [-0.25, -0.2) is 4.18 Å². The molecule has 30 heavy (non-hydrogen) atoms. The van der Waals surface area contributed by atoms with E-state index in [1.54, 1.807) is 31.4 Å². The molecule has 1 unspecified atom stereocenters. The molecule has 1 atom stereocenters. The molecule has 2 N–H and O–H groups in total. The molecular weight excluding hydrogens is 408 g/mol. The lowest BCUT2D eigenvalue weighted by Crippen LogP contribution is -2.56. The van der Waals surface area contributed by atoms with Crippen LogP contribution in [0.4, 0.5) is 0 Å². The molecule has 0 aromatic heterocycles. The molecule has 9 heteroatoms. The lowest BCUT2D eigenvalue weighted by Gasteiger charge is -2.39. The Morgan fingerprint density at radius 3 is 2.07 bits per heavy atom. The van der Waals surface area contributed by atoms with Gasteiger partial charge in [-0.1, -0.05) is 17.7 Å². The number of quaternary nitrogens is 1. The Bertz CT molecular complexity index is 714. The minimum Gasteiger partial charge on any atom is -0.382 e. The number of aryl methyl sites for hydroxylation is 1. The molecule has 1 aromatic rings. The van der Waals surface area contributed by atoms with Gasteiger partial charge in [0.2, 0.25) is 6.23 Å². The topological polar surface area (TPSA) is 97.1 Å². The highest BCUT2D eigenvalue weighted by molar-refractivity contribution is 7.86. The monoisotopic (exact) mass is 447 g/mol. The van der Waals surface area contributed by atoms with Crippen molar-refractivity contribution in [1.29, 1.82) is 0 Å². The van der Waals surface area contributed by atoms with E-state index < -0.39 is 21.9 Å². The quantitative estimate of drug-likeness (QED) is 0.190. The Balaban J connectivity index is 2.74. The molecule has 1 rings (SSSR count). The number of hydrogen-bond donors (Lipinski definition) is 1. The van der Waals surface area contributed by atoms with Crippen LogP contribution in [0, 0.1) is 6.92 Å². The van der Waals surface area contributed by atoms with Gasteiger partial charge in [-0.05, 0) is 32.9 Å². The maximum absolute atomic E-state index is 12.9. The Morgan fingerprint density at radius 1 is 1.00 bits per heavy atom. The lowest BCUT2D eigenvalue weighted by molar-refractivity contribution is -0.934. The van der Waals surface area contributed by atoms with Crippen molar-refractivity contribution in [3.63, 3.8) is 0 Å². The summed E-state index contributed by atoms with van der Waals surface area (Å²) in [5, 5.41) is 0.